The molecule has 0 spiro atoms. The number of hydrogen-bond acceptors (Lipinski definition) is 4. The fourth-order valence-corrected chi connectivity index (χ4v) is 1.78. The number of aryl methyl sites for hydroxylation is 1. The topological polar surface area (TPSA) is 47.0 Å². The first-order chi connectivity index (χ1) is 9.45. The normalized spacial score (nSPS) is 10.7. The molecule has 0 aliphatic heterocycles. The Bertz CT molecular complexity index is 605. The molecule has 0 aliphatic carbocycles. The van der Waals surface area contributed by atoms with Crippen LogP contribution in [0.15, 0.2) is 24.3 Å². The SMILES string of the molecule is Cc1nc(Cl)c(C)c(Nc2ccc(OC(F)F)cc2)n1. The third-order valence-corrected chi connectivity index (χ3v) is 2.91. The van der Waals surface area contributed by atoms with E-state index in [0.717, 1.165) is 0 Å². The highest BCUT2D eigenvalue weighted by Gasteiger charge is 2.08. The van der Waals surface area contributed by atoms with E-state index in [4.69, 9.17) is 11.6 Å². The third-order valence-electron chi connectivity index (χ3n) is 2.54. The van der Waals surface area contributed by atoms with E-state index in [1.165, 1.54) is 12.1 Å². The zero-order valence-electron chi connectivity index (χ0n) is 10.8. The first-order valence-electron chi connectivity index (χ1n) is 5.78. The van der Waals surface area contributed by atoms with Crippen molar-refractivity contribution < 1.29 is 13.5 Å². The molecular formula is C13H12ClF2N3O. The lowest BCUT2D eigenvalue weighted by molar-refractivity contribution is -0.0498. The average Bonchev–Trinajstić information content (AvgIpc) is 2.37. The van der Waals surface area contributed by atoms with Crippen LogP contribution in [-0.4, -0.2) is 16.6 Å². The Balaban J connectivity index is 2.18. The summed E-state index contributed by atoms with van der Waals surface area (Å²) in [7, 11) is 0. The third kappa shape index (κ3) is 3.54. The lowest BCUT2D eigenvalue weighted by Gasteiger charge is -2.11. The maximum absolute atomic E-state index is 12.0. The van der Waals surface area contributed by atoms with Gasteiger partial charge in [-0.15, -0.1) is 0 Å². The Labute approximate surface area is 119 Å². The molecule has 0 aliphatic rings. The van der Waals surface area contributed by atoms with Crippen molar-refractivity contribution in [1.82, 2.24) is 9.97 Å². The Morgan fingerprint density at radius 2 is 1.80 bits per heavy atom. The zero-order valence-corrected chi connectivity index (χ0v) is 11.6. The molecule has 20 heavy (non-hydrogen) atoms. The van der Waals surface area contributed by atoms with Gasteiger partial charge in [0, 0.05) is 11.3 Å². The number of hydrogen-bond donors (Lipinski definition) is 1. The molecule has 7 heteroatoms. The molecule has 1 N–H and O–H groups in total. The van der Waals surface area contributed by atoms with Crippen LogP contribution in [0.3, 0.4) is 0 Å². The maximum atomic E-state index is 12.0. The lowest BCUT2D eigenvalue weighted by atomic mass is 10.2. The molecule has 4 nitrogen and oxygen atoms in total. The summed E-state index contributed by atoms with van der Waals surface area (Å²) in [5, 5.41) is 3.43. The molecule has 0 saturated heterocycles. The van der Waals surface area contributed by atoms with Gasteiger partial charge in [-0.3, -0.25) is 0 Å². The fraction of sp³-hybridized carbons (Fsp3) is 0.231. The van der Waals surface area contributed by atoms with Crippen LogP contribution < -0.4 is 10.1 Å². The molecule has 0 amide bonds. The van der Waals surface area contributed by atoms with Crippen molar-refractivity contribution >= 4 is 23.1 Å². The number of benzene rings is 1. The van der Waals surface area contributed by atoms with E-state index in [0.29, 0.717) is 28.0 Å². The van der Waals surface area contributed by atoms with E-state index in [-0.39, 0.29) is 5.75 Å². The minimum Gasteiger partial charge on any atom is -0.435 e. The maximum Gasteiger partial charge on any atom is 0.387 e. The summed E-state index contributed by atoms with van der Waals surface area (Å²) in [6, 6.07) is 6.12. The second kappa shape index (κ2) is 6.00. The number of ether oxygens (including phenoxy) is 1. The lowest BCUT2D eigenvalue weighted by Crippen LogP contribution is -2.03. The van der Waals surface area contributed by atoms with Gasteiger partial charge in [-0.1, -0.05) is 11.6 Å². The van der Waals surface area contributed by atoms with Crippen molar-refractivity contribution in [1.29, 1.82) is 0 Å². The van der Waals surface area contributed by atoms with Gasteiger partial charge in [0.15, 0.2) is 0 Å². The molecule has 0 bridgehead atoms. The Morgan fingerprint density at radius 1 is 1.15 bits per heavy atom. The second-order valence-electron chi connectivity index (χ2n) is 4.06. The minimum atomic E-state index is -2.83. The number of anilines is 2. The molecule has 106 valence electrons. The van der Waals surface area contributed by atoms with Gasteiger partial charge in [-0.25, -0.2) is 9.97 Å². The monoisotopic (exact) mass is 299 g/mol. The number of nitrogens with one attached hydrogen (secondary N) is 1. The molecule has 0 atom stereocenters. The molecule has 1 heterocycles. The smallest absolute Gasteiger partial charge is 0.387 e. The quantitative estimate of drug-likeness (QED) is 0.864. The highest BCUT2D eigenvalue weighted by atomic mass is 35.5. The van der Waals surface area contributed by atoms with E-state index >= 15 is 0 Å². The van der Waals surface area contributed by atoms with Gasteiger partial charge in [-0.05, 0) is 38.1 Å². The van der Waals surface area contributed by atoms with E-state index in [1.807, 2.05) is 0 Å². The van der Waals surface area contributed by atoms with Gasteiger partial charge in [0.05, 0.1) is 0 Å². The second-order valence-corrected chi connectivity index (χ2v) is 4.42. The van der Waals surface area contributed by atoms with Crippen LogP contribution in [0.4, 0.5) is 20.3 Å². The van der Waals surface area contributed by atoms with Crippen molar-refractivity contribution in [2.24, 2.45) is 0 Å². The summed E-state index contributed by atoms with van der Waals surface area (Å²) < 4.78 is 28.4. The highest BCUT2D eigenvalue weighted by molar-refractivity contribution is 6.30. The van der Waals surface area contributed by atoms with Crippen molar-refractivity contribution in [3.63, 3.8) is 0 Å². The first kappa shape index (κ1) is 14.5. The van der Waals surface area contributed by atoms with Crippen molar-refractivity contribution in [2.75, 3.05) is 5.32 Å². The van der Waals surface area contributed by atoms with Crippen LogP contribution in [-0.2, 0) is 0 Å². The number of nitrogens with zero attached hydrogens (tertiary/aromatic N) is 2. The number of aromatic nitrogens is 2. The van der Waals surface area contributed by atoms with Gasteiger partial charge < -0.3 is 10.1 Å². The summed E-state index contributed by atoms with van der Waals surface area (Å²) in [5.41, 5.74) is 1.40. The largest absolute Gasteiger partial charge is 0.435 e. The molecule has 0 saturated carbocycles. The molecule has 2 aromatic rings. The predicted octanol–water partition coefficient (Wildman–Crippen LogP) is 4.09. The van der Waals surface area contributed by atoms with Gasteiger partial charge in [0.2, 0.25) is 0 Å². The van der Waals surface area contributed by atoms with E-state index in [9.17, 15) is 8.78 Å². The first-order valence-corrected chi connectivity index (χ1v) is 6.16. The van der Waals surface area contributed by atoms with Crippen molar-refractivity contribution in [3.05, 3.63) is 40.8 Å². The standard InChI is InChI=1S/C13H12ClF2N3O/c1-7-11(14)17-8(2)18-12(7)19-9-3-5-10(6-4-9)20-13(15)16/h3-6,13H,1-2H3,(H,17,18,19). The molecule has 0 unspecified atom stereocenters. The molecular weight excluding hydrogens is 288 g/mol. The number of halogens is 3. The Morgan fingerprint density at radius 3 is 2.40 bits per heavy atom. The fourth-order valence-electron chi connectivity index (χ4n) is 1.57. The van der Waals surface area contributed by atoms with Crippen LogP contribution in [0.1, 0.15) is 11.4 Å². The minimum absolute atomic E-state index is 0.0965. The van der Waals surface area contributed by atoms with Crippen molar-refractivity contribution in [3.8, 4) is 5.75 Å². The van der Waals surface area contributed by atoms with Gasteiger partial charge in [0.1, 0.15) is 22.5 Å². The molecule has 1 aromatic carbocycles. The van der Waals surface area contributed by atoms with E-state index < -0.39 is 6.61 Å². The number of rotatable bonds is 4. The zero-order chi connectivity index (χ0) is 14.7. The van der Waals surface area contributed by atoms with Crippen LogP contribution in [0.25, 0.3) is 0 Å². The summed E-state index contributed by atoms with van der Waals surface area (Å²) in [4.78, 5) is 8.27. The molecule has 0 radical (unpaired) electrons. The van der Waals surface area contributed by atoms with Crippen LogP contribution in [0, 0.1) is 13.8 Å². The predicted molar refractivity (Wildman–Crippen MR) is 72.9 cm³/mol. The summed E-state index contributed by atoms with van der Waals surface area (Å²) >= 11 is 5.97. The van der Waals surface area contributed by atoms with Crippen LogP contribution >= 0.6 is 11.6 Å². The average molecular weight is 300 g/mol. The molecule has 1 aromatic heterocycles. The Kier molecular flexibility index (Phi) is 4.34. The van der Waals surface area contributed by atoms with Gasteiger partial charge in [-0.2, -0.15) is 8.78 Å². The Hall–Kier alpha value is -1.95. The van der Waals surface area contributed by atoms with Gasteiger partial charge in [0.25, 0.3) is 0 Å². The van der Waals surface area contributed by atoms with Gasteiger partial charge >= 0.3 is 6.61 Å². The van der Waals surface area contributed by atoms with E-state index in [1.54, 1.807) is 26.0 Å². The summed E-state index contributed by atoms with van der Waals surface area (Å²) in [6.07, 6.45) is 0. The molecule has 2 rings (SSSR count). The van der Waals surface area contributed by atoms with Crippen LogP contribution in [0.2, 0.25) is 5.15 Å². The van der Waals surface area contributed by atoms with E-state index in [2.05, 4.69) is 20.0 Å². The highest BCUT2D eigenvalue weighted by Crippen LogP contribution is 2.25. The summed E-state index contributed by atoms with van der Waals surface area (Å²) in [6.45, 7) is 0.688. The molecule has 0 fully saturated rings. The number of alkyl halides is 2. The van der Waals surface area contributed by atoms with Crippen LogP contribution in [0.5, 0.6) is 5.75 Å². The van der Waals surface area contributed by atoms with Crippen molar-refractivity contribution in [2.45, 2.75) is 20.5 Å². The summed E-state index contributed by atoms with van der Waals surface area (Å²) in [5.74, 6) is 1.21.